The minimum atomic E-state index is -1.62. The number of hydrogen-bond donors (Lipinski definition) is 5. The van der Waals surface area contributed by atoms with Crippen molar-refractivity contribution in [1.82, 2.24) is 25.8 Å². The Bertz CT molecular complexity index is 1710. The number of β-amino-alcohol motifs (C(OH)–C–C–N with tert-alkyl or cyclic N) is 1. The van der Waals surface area contributed by atoms with E-state index in [2.05, 4.69) is 25.8 Å². The van der Waals surface area contributed by atoms with Gasteiger partial charge in [-0.25, -0.2) is 0 Å². The van der Waals surface area contributed by atoms with Gasteiger partial charge in [0.25, 0.3) is 5.91 Å². The molecule has 286 valence electrons. The Hall–Kier alpha value is -3.86. The van der Waals surface area contributed by atoms with Crippen molar-refractivity contribution in [2.75, 3.05) is 19.7 Å². The summed E-state index contributed by atoms with van der Waals surface area (Å²) >= 11 is 0. The summed E-state index contributed by atoms with van der Waals surface area (Å²) in [7, 11) is 0. The Kier molecular flexibility index (Phi) is 12.5. The van der Waals surface area contributed by atoms with Crippen molar-refractivity contribution < 1.29 is 24.6 Å². The van der Waals surface area contributed by atoms with Gasteiger partial charge in [-0.3, -0.25) is 24.3 Å². The van der Waals surface area contributed by atoms with E-state index >= 15 is 0 Å². The fourth-order valence-corrected chi connectivity index (χ4v) is 9.00. The quantitative estimate of drug-likeness (QED) is 0.174. The Labute approximate surface area is 314 Å². The highest BCUT2D eigenvalue weighted by molar-refractivity contribution is 5.96. The fraction of sp³-hybridized carbons (Fsp3) is 0.581. The predicted octanol–water partition coefficient (Wildman–Crippen LogP) is 5.16. The molecule has 3 fully saturated rings. The third-order valence-electron chi connectivity index (χ3n) is 11.7. The summed E-state index contributed by atoms with van der Waals surface area (Å²) in [5.74, 6) is -0.297. The van der Waals surface area contributed by atoms with Crippen molar-refractivity contribution >= 4 is 28.5 Å². The second-order valence-corrected chi connectivity index (χ2v) is 17.1. The van der Waals surface area contributed by atoms with Crippen LogP contribution in [0.15, 0.2) is 66.9 Å². The molecule has 1 saturated heterocycles. The number of aromatic nitrogens is 1. The molecule has 6 rings (SSSR count). The summed E-state index contributed by atoms with van der Waals surface area (Å²) in [6.07, 6.45) is 10.7. The van der Waals surface area contributed by atoms with E-state index in [4.69, 9.17) is 0 Å². The molecule has 3 aromatic rings. The highest BCUT2D eigenvalue weighted by Crippen LogP contribution is 2.40. The third kappa shape index (κ3) is 10.2. The molecule has 3 amide bonds. The van der Waals surface area contributed by atoms with Crippen molar-refractivity contribution in [3.05, 3.63) is 78.1 Å². The molecule has 5 N–H and O–H groups in total. The summed E-state index contributed by atoms with van der Waals surface area (Å²) in [6, 6.07) is 18.3. The topological polar surface area (TPSA) is 144 Å². The smallest absolute Gasteiger partial charge is 0.270 e. The van der Waals surface area contributed by atoms with Crippen LogP contribution in [0.4, 0.5) is 0 Å². The Balaban J connectivity index is 1.19. The second kappa shape index (κ2) is 17.1. The van der Waals surface area contributed by atoms with E-state index in [0.29, 0.717) is 36.9 Å². The average Bonchev–Trinajstić information content (AvgIpc) is 3.14. The molecule has 1 aromatic heterocycles. The van der Waals surface area contributed by atoms with Gasteiger partial charge >= 0.3 is 0 Å². The van der Waals surface area contributed by atoms with Gasteiger partial charge < -0.3 is 26.2 Å². The number of benzene rings is 2. The number of hydrogen-bond acceptors (Lipinski definition) is 7. The third-order valence-corrected chi connectivity index (χ3v) is 11.7. The van der Waals surface area contributed by atoms with Crippen LogP contribution < -0.4 is 16.0 Å². The lowest BCUT2D eigenvalue weighted by atomic mass is 9.72. The molecule has 2 aliphatic carbocycles. The highest BCUT2D eigenvalue weighted by atomic mass is 16.3. The van der Waals surface area contributed by atoms with Crippen molar-refractivity contribution in [1.29, 1.82) is 0 Å². The van der Waals surface area contributed by atoms with E-state index in [-0.39, 0.29) is 42.8 Å². The van der Waals surface area contributed by atoms with Crippen LogP contribution in [0.3, 0.4) is 0 Å². The lowest BCUT2D eigenvalue weighted by Gasteiger charge is -2.48. The van der Waals surface area contributed by atoms with Crippen molar-refractivity contribution in [3.63, 3.8) is 0 Å². The zero-order valence-electron chi connectivity index (χ0n) is 31.7. The van der Waals surface area contributed by atoms with Gasteiger partial charge in [-0.2, -0.15) is 0 Å². The largest absolute Gasteiger partial charge is 0.393 e. The van der Waals surface area contributed by atoms with Gasteiger partial charge in [0.15, 0.2) is 0 Å². The standard InChI is InChI=1S/C43H59N5O5/c1-42(2,3)47-41(52)38-23-31-16-8-10-18-33(31)26-48(38)27-43(53,28-49)24-34(21-29-13-5-4-6-14-29)39(50)45-35-19-11-12-20-36(35)46-40(51)37-22-30-15-7-9-17-32(30)25-44-37/h4-7,9,13-15,17,22,25,31,33-36,38,49,53H,8,10-12,16,18-21,23-24,26-28H2,1-3H3,(H,45,50)(H,46,51)(H,47,52)/t31-,33+,34-,35-,36-,38-,43?/m0/s1. The van der Waals surface area contributed by atoms with E-state index in [9.17, 15) is 24.6 Å². The molecule has 10 heteroatoms. The molecule has 2 saturated carbocycles. The molecule has 53 heavy (non-hydrogen) atoms. The number of amides is 3. The maximum Gasteiger partial charge on any atom is 0.270 e. The SMILES string of the molecule is CC(C)(C)NC(=O)[C@@H]1C[C@@H]2CCCC[C@@H]2CN1CC(O)(CO)C[C@H](Cc1ccccc1)C(=O)N[C@H]1CCCC[C@@H]1NC(=O)c1cc2ccccc2cn1. The number of carbonyl (C=O) groups excluding carboxylic acids is 3. The molecule has 2 heterocycles. The molecule has 0 radical (unpaired) electrons. The van der Waals surface area contributed by atoms with Crippen LogP contribution in [-0.2, 0) is 16.0 Å². The average molecular weight is 726 g/mol. The molecule has 0 bridgehead atoms. The first-order valence-corrected chi connectivity index (χ1v) is 19.8. The molecule has 0 spiro atoms. The summed E-state index contributed by atoms with van der Waals surface area (Å²) < 4.78 is 0. The van der Waals surface area contributed by atoms with Gasteiger partial charge in [0.1, 0.15) is 11.3 Å². The van der Waals surface area contributed by atoms with Crippen LogP contribution in [0.2, 0.25) is 0 Å². The summed E-state index contributed by atoms with van der Waals surface area (Å²) in [6.45, 7) is 6.15. The minimum Gasteiger partial charge on any atom is -0.393 e. The van der Waals surface area contributed by atoms with Crippen LogP contribution in [0.5, 0.6) is 0 Å². The molecule has 1 aliphatic heterocycles. The summed E-state index contributed by atoms with van der Waals surface area (Å²) in [5.41, 5.74) is -0.739. The number of aliphatic hydroxyl groups excluding tert-OH is 1. The number of piperidine rings is 1. The number of carbonyl (C=O) groups is 3. The molecule has 10 nitrogen and oxygen atoms in total. The Morgan fingerprint density at radius 2 is 1.51 bits per heavy atom. The molecular formula is C43H59N5O5. The van der Waals surface area contributed by atoms with E-state index < -0.39 is 29.7 Å². The highest BCUT2D eigenvalue weighted by Gasteiger charge is 2.45. The molecule has 2 aromatic carbocycles. The Morgan fingerprint density at radius 1 is 0.868 bits per heavy atom. The van der Waals surface area contributed by atoms with Gasteiger partial charge in [-0.05, 0) is 88.1 Å². The Morgan fingerprint density at radius 3 is 2.21 bits per heavy atom. The van der Waals surface area contributed by atoms with Crippen LogP contribution in [0.1, 0.15) is 101 Å². The van der Waals surface area contributed by atoms with Gasteiger partial charge in [0.05, 0.1) is 12.6 Å². The van der Waals surface area contributed by atoms with Crippen LogP contribution in [-0.4, -0.2) is 86.8 Å². The van der Waals surface area contributed by atoms with Gasteiger partial charge in [0.2, 0.25) is 11.8 Å². The molecule has 3 aliphatic rings. The molecular weight excluding hydrogens is 667 g/mol. The summed E-state index contributed by atoms with van der Waals surface area (Å²) in [5, 5.41) is 34.5. The van der Waals surface area contributed by atoms with E-state index in [1.165, 1.54) is 12.8 Å². The zero-order valence-corrected chi connectivity index (χ0v) is 31.7. The minimum absolute atomic E-state index is 0.0210. The van der Waals surface area contributed by atoms with Crippen LogP contribution in [0, 0.1) is 17.8 Å². The number of nitrogens with zero attached hydrogens (tertiary/aromatic N) is 2. The maximum absolute atomic E-state index is 14.4. The lowest BCUT2D eigenvalue weighted by molar-refractivity contribution is -0.139. The maximum atomic E-state index is 14.4. The number of aliphatic hydroxyl groups is 2. The monoisotopic (exact) mass is 725 g/mol. The van der Waals surface area contributed by atoms with Crippen LogP contribution >= 0.6 is 0 Å². The second-order valence-electron chi connectivity index (χ2n) is 17.1. The molecule has 1 unspecified atom stereocenters. The number of rotatable bonds is 12. The van der Waals surface area contributed by atoms with Gasteiger partial charge in [-0.1, -0.05) is 86.7 Å². The first kappa shape index (κ1) is 38.9. The van der Waals surface area contributed by atoms with E-state index in [1.807, 2.05) is 75.4 Å². The number of likely N-dealkylation sites (tertiary alicyclic amines) is 1. The van der Waals surface area contributed by atoms with E-state index in [1.54, 1.807) is 12.3 Å². The normalized spacial score (nSPS) is 25.4. The fourth-order valence-electron chi connectivity index (χ4n) is 9.00. The zero-order chi connectivity index (χ0) is 37.6. The van der Waals surface area contributed by atoms with Crippen molar-refractivity contribution in [3.8, 4) is 0 Å². The first-order valence-electron chi connectivity index (χ1n) is 19.8. The summed E-state index contributed by atoms with van der Waals surface area (Å²) in [4.78, 5) is 48.0. The lowest BCUT2D eigenvalue weighted by Crippen LogP contribution is -2.61. The molecule has 7 atom stereocenters. The van der Waals surface area contributed by atoms with Crippen LogP contribution in [0.25, 0.3) is 10.8 Å². The van der Waals surface area contributed by atoms with Gasteiger partial charge in [0, 0.05) is 48.2 Å². The number of nitrogens with one attached hydrogen (secondary N) is 3. The number of fused-ring (bicyclic) bond motifs is 2. The predicted molar refractivity (Wildman–Crippen MR) is 207 cm³/mol. The van der Waals surface area contributed by atoms with Crippen molar-refractivity contribution in [2.24, 2.45) is 17.8 Å². The van der Waals surface area contributed by atoms with Crippen molar-refractivity contribution in [2.45, 2.75) is 121 Å². The van der Waals surface area contributed by atoms with E-state index in [0.717, 1.165) is 54.9 Å². The van der Waals surface area contributed by atoms with Gasteiger partial charge in [-0.15, -0.1) is 0 Å². The number of pyridine rings is 1. The first-order chi connectivity index (χ1) is 25.4.